The van der Waals surface area contributed by atoms with E-state index in [-0.39, 0.29) is 30.2 Å². The second kappa shape index (κ2) is 13.1. The number of benzene rings is 1. The van der Waals surface area contributed by atoms with Gasteiger partial charge in [0.1, 0.15) is 23.7 Å². The van der Waals surface area contributed by atoms with Crippen LogP contribution >= 0.6 is 0 Å². The summed E-state index contributed by atoms with van der Waals surface area (Å²) in [5.74, 6) is -2.40. The van der Waals surface area contributed by atoms with Crippen LogP contribution in [0, 0.1) is 11.3 Å². The highest BCUT2D eigenvalue weighted by molar-refractivity contribution is 5.80. The van der Waals surface area contributed by atoms with E-state index >= 15 is 0 Å². The molecule has 2 aliphatic heterocycles. The lowest BCUT2D eigenvalue weighted by Crippen LogP contribution is -2.56. The fraction of sp³-hybridized carbons (Fsp3) is 0.452. The fourth-order valence-electron chi connectivity index (χ4n) is 5.56. The predicted octanol–water partition coefficient (Wildman–Crippen LogP) is 3.97. The van der Waals surface area contributed by atoms with E-state index in [4.69, 9.17) is 9.47 Å². The maximum atomic E-state index is 14.9. The first-order chi connectivity index (χ1) is 21.1. The van der Waals surface area contributed by atoms with Crippen molar-refractivity contribution in [3.63, 3.8) is 0 Å². The van der Waals surface area contributed by atoms with Crippen molar-refractivity contribution in [2.75, 3.05) is 45.7 Å². The average molecular weight is 608 g/mol. The predicted molar refractivity (Wildman–Crippen MR) is 158 cm³/mol. The number of anilines is 2. The van der Waals surface area contributed by atoms with Crippen molar-refractivity contribution in [1.29, 1.82) is 5.26 Å². The lowest BCUT2D eigenvalue weighted by Gasteiger charge is -2.38. The number of nitrogens with one attached hydrogen (secondary N) is 1. The molecule has 4 heterocycles. The van der Waals surface area contributed by atoms with Gasteiger partial charge in [0.15, 0.2) is 6.10 Å². The number of rotatable bonds is 8. The molecular weight excluding hydrogens is 572 g/mol. The van der Waals surface area contributed by atoms with Gasteiger partial charge < -0.3 is 29.7 Å². The average Bonchev–Trinajstić information content (AvgIpc) is 3.02. The quantitative estimate of drug-likeness (QED) is 0.387. The summed E-state index contributed by atoms with van der Waals surface area (Å²) in [5.41, 5.74) is 2.19. The first-order valence-corrected chi connectivity index (χ1v) is 14.5. The van der Waals surface area contributed by atoms with Crippen molar-refractivity contribution in [1.82, 2.24) is 24.8 Å². The summed E-state index contributed by atoms with van der Waals surface area (Å²) in [6.45, 7) is 2.41. The van der Waals surface area contributed by atoms with Gasteiger partial charge in [0.25, 0.3) is 5.91 Å². The zero-order valence-corrected chi connectivity index (χ0v) is 24.8. The maximum Gasteiger partial charge on any atom is 0.301 e. The van der Waals surface area contributed by atoms with Crippen LogP contribution in [0.15, 0.2) is 42.6 Å². The largest absolute Gasteiger partial charge is 0.483 e. The maximum absolute atomic E-state index is 14.9. The lowest BCUT2D eigenvalue weighted by molar-refractivity contribution is -0.165. The van der Waals surface area contributed by atoms with Gasteiger partial charge in [-0.2, -0.15) is 10.2 Å². The van der Waals surface area contributed by atoms with Gasteiger partial charge in [-0.25, -0.2) is 18.7 Å². The van der Waals surface area contributed by atoms with Crippen LogP contribution in [0.3, 0.4) is 0 Å². The molecule has 232 valence electrons. The Balaban J connectivity index is 1.29. The molecule has 1 amide bonds. The van der Waals surface area contributed by atoms with E-state index in [1.54, 1.807) is 25.4 Å². The highest BCUT2D eigenvalue weighted by atomic mass is 19.3. The number of carbonyl (C=O) groups is 1. The number of amides is 1. The molecule has 1 unspecified atom stereocenters. The summed E-state index contributed by atoms with van der Waals surface area (Å²) in [4.78, 5) is 28.7. The molecule has 2 N–H and O–H groups in total. The Labute approximate surface area is 254 Å². The Morgan fingerprint density at radius 2 is 1.93 bits per heavy atom. The summed E-state index contributed by atoms with van der Waals surface area (Å²) >= 11 is 0. The van der Waals surface area contributed by atoms with Crippen LogP contribution in [0.4, 0.5) is 20.5 Å². The lowest BCUT2D eigenvalue weighted by atomic mass is 9.90. The summed E-state index contributed by atoms with van der Waals surface area (Å²) in [6.07, 6.45) is 0.572. The summed E-state index contributed by atoms with van der Waals surface area (Å²) in [6, 6.07) is 12.2. The number of aliphatic hydroxyl groups excluding tert-OH is 1. The third-order valence-electron chi connectivity index (χ3n) is 8.00. The molecule has 2 atom stereocenters. The third-order valence-corrected chi connectivity index (χ3v) is 8.00. The van der Waals surface area contributed by atoms with Gasteiger partial charge in [-0.1, -0.05) is 0 Å². The number of aromatic nitrogens is 3. The molecular formula is C31H35F2N7O4. The number of pyridine rings is 1. The molecule has 0 aliphatic carbocycles. The number of methoxy groups -OCH3 is 1. The monoisotopic (exact) mass is 607 g/mol. The van der Waals surface area contributed by atoms with Crippen molar-refractivity contribution in [3.8, 4) is 29.0 Å². The van der Waals surface area contributed by atoms with Crippen molar-refractivity contribution in [2.45, 2.75) is 50.2 Å². The molecule has 11 nitrogen and oxygen atoms in total. The van der Waals surface area contributed by atoms with Gasteiger partial charge >= 0.3 is 5.92 Å². The van der Waals surface area contributed by atoms with Crippen molar-refractivity contribution in [2.24, 2.45) is 0 Å². The number of ether oxygens (including phenoxy) is 2. The van der Waals surface area contributed by atoms with E-state index < -0.39 is 30.6 Å². The van der Waals surface area contributed by atoms with Crippen LogP contribution in [0.2, 0.25) is 0 Å². The zero-order valence-electron chi connectivity index (χ0n) is 24.8. The molecule has 5 rings (SSSR count). The Morgan fingerprint density at radius 3 is 2.61 bits per heavy atom. The van der Waals surface area contributed by atoms with Crippen LogP contribution in [0.5, 0.6) is 11.6 Å². The number of hydrogen-bond acceptors (Lipinski definition) is 10. The van der Waals surface area contributed by atoms with Crippen LogP contribution in [-0.2, 0) is 4.79 Å². The Hall–Kier alpha value is -4.41. The summed E-state index contributed by atoms with van der Waals surface area (Å²) < 4.78 is 41.0. The van der Waals surface area contributed by atoms with Gasteiger partial charge in [0.05, 0.1) is 24.9 Å². The Kier molecular flexibility index (Phi) is 9.22. The van der Waals surface area contributed by atoms with Crippen LogP contribution in [-0.4, -0.2) is 94.2 Å². The summed E-state index contributed by atoms with van der Waals surface area (Å²) in [5, 5.41) is 22.4. The molecule has 2 saturated heterocycles. The minimum absolute atomic E-state index is 0.00229. The van der Waals surface area contributed by atoms with E-state index in [1.807, 2.05) is 18.2 Å². The fourth-order valence-corrected chi connectivity index (χ4v) is 5.56. The minimum atomic E-state index is -3.37. The molecule has 2 aliphatic rings. The number of piperidine rings is 2. The SMILES string of the molecule is COc1nc(Nc2nccc(-c3ccc(OC4CCN(C(=O)[C@@H](C)O)CC4(F)F)c(C#N)c3)n2)ccc1C1CCN(C)CC1. The highest BCUT2D eigenvalue weighted by Gasteiger charge is 2.48. The summed E-state index contributed by atoms with van der Waals surface area (Å²) in [7, 11) is 3.72. The van der Waals surface area contributed by atoms with Gasteiger partial charge in [0, 0.05) is 30.3 Å². The van der Waals surface area contributed by atoms with E-state index in [9.17, 15) is 23.9 Å². The number of hydrogen-bond donors (Lipinski definition) is 2. The molecule has 0 saturated carbocycles. The molecule has 2 fully saturated rings. The third kappa shape index (κ3) is 6.87. The smallest absolute Gasteiger partial charge is 0.301 e. The van der Waals surface area contributed by atoms with E-state index in [2.05, 4.69) is 32.2 Å². The Morgan fingerprint density at radius 1 is 1.16 bits per heavy atom. The number of nitrogens with zero attached hydrogens (tertiary/aromatic N) is 6. The minimum Gasteiger partial charge on any atom is -0.483 e. The second-order valence-corrected chi connectivity index (χ2v) is 11.2. The topological polar surface area (TPSA) is 137 Å². The number of carbonyl (C=O) groups excluding carboxylic acids is 1. The van der Waals surface area contributed by atoms with Gasteiger partial charge in [0.2, 0.25) is 11.8 Å². The Bertz CT molecular complexity index is 1540. The van der Waals surface area contributed by atoms with Crippen molar-refractivity contribution in [3.05, 3.63) is 53.7 Å². The van der Waals surface area contributed by atoms with E-state index in [0.717, 1.165) is 36.4 Å². The van der Waals surface area contributed by atoms with Crippen LogP contribution in [0.1, 0.15) is 43.2 Å². The number of likely N-dealkylation sites (tertiary alicyclic amines) is 2. The highest BCUT2D eigenvalue weighted by Crippen LogP contribution is 2.35. The van der Waals surface area contributed by atoms with Gasteiger partial charge in [-0.15, -0.1) is 0 Å². The van der Waals surface area contributed by atoms with Crippen molar-refractivity contribution >= 4 is 17.7 Å². The molecule has 3 aromatic rings. The zero-order chi connectivity index (χ0) is 31.4. The normalized spacial score (nSPS) is 19.6. The first-order valence-electron chi connectivity index (χ1n) is 14.5. The number of nitriles is 1. The molecule has 44 heavy (non-hydrogen) atoms. The second-order valence-electron chi connectivity index (χ2n) is 11.2. The number of halogens is 2. The van der Waals surface area contributed by atoms with Crippen molar-refractivity contribution < 1.29 is 28.2 Å². The molecule has 2 aromatic heterocycles. The van der Waals surface area contributed by atoms with Gasteiger partial charge in [-0.3, -0.25) is 4.79 Å². The van der Waals surface area contributed by atoms with Crippen LogP contribution < -0.4 is 14.8 Å². The van der Waals surface area contributed by atoms with Gasteiger partial charge in [-0.05, 0) is 82.2 Å². The molecule has 0 bridgehead atoms. The molecule has 0 spiro atoms. The van der Waals surface area contributed by atoms with E-state index in [1.165, 1.54) is 19.1 Å². The standard InChI is InChI=1S/C31H35F2N7O4/c1-19(41)29(42)40-15-11-26(31(32,33)18-40)44-25-6-4-21(16-22(25)17-34)24-8-12-35-30(36-24)38-27-7-5-23(28(37-27)43-3)20-9-13-39(2)14-10-20/h4-8,12,16,19-20,26,41H,9-11,13-15,18H2,1-3H3,(H,35,36,37,38)/t19-,26?/m1/s1. The number of aliphatic hydroxyl groups is 1. The first kappa shape index (κ1) is 31.0. The molecule has 1 aromatic carbocycles. The van der Waals surface area contributed by atoms with Crippen LogP contribution in [0.25, 0.3) is 11.3 Å². The molecule has 13 heteroatoms. The molecule has 0 radical (unpaired) electrons. The van der Waals surface area contributed by atoms with E-state index in [0.29, 0.717) is 28.9 Å². The number of alkyl halides is 2.